The Balaban J connectivity index is 1.69. The topological polar surface area (TPSA) is 46.4 Å². The van der Waals surface area contributed by atoms with Crippen LogP contribution in [0.25, 0.3) is 5.52 Å². The molecule has 1 aromatic carbocycles. The zero-order valence-electron chi connectivity index (χ0n) is 12.2. The number of carbonyl (C=O) groups is 1. The van der Waals surface area contributed by atoms with E-state index in [1.165, 1.54) is 18.2 Å². The summed E-state index contributed by atoms with van der Waals surface area (Å²) in [5.41, 5.74) is -0.235. The molecule has 1 N–H and O–H groups in total. The zero-order chi connectivity index (χ0) is 17.2. The smallest absolute Gasteiger partial charge is 0.325 e. The molecule has 0 radical (unpaired) electrons. The second-order valence-electron chi connectivity index (χ2n) is 4.92. The highest BCUT2D eigenvalue weighted by molar-refractivity contribution is 7.99. The van der Waals surface area contributed by atoms with Crippen LogP contribution in [0.1, 0.15) is 5.56 Å². The van der Waals surface area contributed by atoms with Crippen LogP contribution in [0.5, 0.6) is 0 Å². The minimum Gasteiger partial charge on any atom is -0.325 e. The first-order valence-corrected chi connectivity index (χ1v) is 7.94. The molecule has 3 aromatic rings. The molecular weight excluding hydrogens is 339 g/mol. The maximum atomic E-state index is 12.9. The number of amides is 1. The molecule has 0 atom stereocenters. The average Bonchev–Trinajstić information content (AvgIpc) is 2.96. The van der Waals surface area contributed by atoms with E-state index in [0.717, 1.165) is 23.3 Å². The van der Waals surface area contributed by atoms with E-state index in [1.807, 2.05) is 28.8 Å². The lowest BCUT2D eigenvalue weighted by atomic mass is 10.1. The maximum Gasteiger partial charge on any atom is 0.418 e. The molecular formula is C16H12F3N3OS. The number of fused-ring (bicyclic) bond motifs is 1. The molecule has 8 heteroatoms. The number of nitrogens with zero attached hydrogens (tertiary/aromatic N) is 2. The van der Waals surface area contributed by atoms with Crippen molar-refractivity contribution in [3.8, 4) is 0 Å². The van der Waals surface area contributed by atoms with Gasteiger partial charge in [0.2, 0.25) is 5.91 Å². The largest absolute Gasteiger partial charge is 0.418 e. The Bertz CT molecular complexity index is 876. The lowest BCUT2D eigenvalue weighted by molar-refractivity contribution is -0.137. The number of hydrogen-bond acceptors (Lipinski definition) is 3. The first-order chi connectivity index (χ1) is 11.4. The number of alkyl halides is 3. The Hall–Kier alpha value is -2.48. The molecule has 124 valence electrons. The second kappa shape index (κ2) is 6.56. The SMILES string of the molecule is O=C(CSc1ncc2ccccn12)Nc1ccccc1C(F)(F)F. The fourth-order valence-electron chi connectivity index (χ4n) is 2.18. The molecule has 2 heterocycles. The third-order valence-electron chi connectivity index (χ3n) is 3.24. The van der Waals surface area contributed by atoms with Crippen LogP contribution in [-0.2, 0) is 11.0 Å². The van der Waals surface area contributed by atoms with Crippen molar-refractivity contribution in [3.05, 3.63) is 60.4 Å². The standard InChI is InChI=1S/C16H12F3N3OS/c17-16(18,19)12-6-1-2-7-13(12)21-14(23)10-24-15-20-9-11-5-3-4-8-22(11)15/h1-9H,10H2,(H,21,23). The predicted molar refractivity (Wildman–Crippen MR) is 86.0 cm³/mol. The first kappa shape index (κ1) is 16.4. The molecule has 24 heavy (non-hydrogen) atoms. The molecule has 0 aliphatic heterocycles. The number of imidazole rings is 1. The van der Waals surface area contributed by atoms with Crippen molar-refractivity contribution in [2.45, 2.75) is 11.3 Å². The van der Waals surface area contributed by atoms with E-state index in [9.17, 15) is 18.0 Å². The summed E-state index contributed by atoms with van der Waals surface area (Å²) < 4.78 is 40.5. The van der Waals surface area contributed by atoms with Crippen molar-refractivity contribution in [2.75, 3.05) is 11.1 Å². The Morgan fingerprint density at radius 3 is 2.71 bits per heavy atom. The molecule has 0 saturated carbocycles. The van der Waals surface area contributed by atoms with Crippen molar-refractivity contribution in [3.63, 3.8) is 0 Å². The lowest BCUT2D eigenvalue weighted by Gasteiger charge is -2.13. The summed E-state index contributed by atoms with van der Waals surface area (Å²) in [6.45, 7) is 0. The third kappa shape index (κ3) is 3.53. The van der Waals surface area contributed by atoms with E-state index in [1.54, 1.807) is 6.20 Å². The summed E-state index contributed by atoms with van der Waals surface area (Å²) >= 11 is 1.16. The summed E-state index contributed by atoms with van der Waals surface area (Å²) in [6, 6.07) is 10.5. The van der Waals surface area contributed by atoms with Gasteiger partial charge < -0.3 is 5.32 Å². The highest BCUT2D eigenvalue weighted by Gasteiger charge is 2.33. The van der Waals surface area contributed by atoms with Gasteiger partial charge in [-0.1, -0.05) is 30.0 Å². The van der Waals surface area contributed by atoms with Gasteiger partial charge in [0.15, 0.2) is 5.16 Å². The lowest BCUT2D eigenvalue weighted by Crippen LogP contribution is -2.18. The second-order valence-corrected chi connectivity index (χ2v) is 5.86. The zero-order valence-corrected chi connectivity index (χ0v) is 13.1. The molecule has 4 nitrogen and oxygen atoms in total. The Labute approximate surface area is 139 Å². The fraction of sp³-hybridized carbons (Fsp3) is 0.125. The minimum absolute atomic E-state index is 0.0415. The molecule has 2 aromatic heterocycles. The number of anilines is 1. The van der Waals surface area contributed by atoms with E-state index in [0.29, 0.717) is 5.16 Å². The molecule has 0 unspecified atom stereocenters. The fourth-order valence-corrected chi connectivity index (χ4v) is 2.95. The number of thioether (sulfide) groups is 1. The molecule has 0 spiro atoms. The van der Waals surface area contributed by atoms with Gasteiger partial charge in [0.1, 0.15) is 0 Å². The Morgan fingerprint density at radius 2 is 1.92 bits per heavy atom. The van der Waals surface area contributed by atoms with Gasteiger partial charge in [0, 0.05) is 6.20 Å². The molecule has 0 bridgehead atoms. The highest BCUT2D eigenvalue weighted by Crippen LogP contribution is 2.34. The van der Waals surface area contributed by atoms with Gasteiger partial charge in [0.25, 0.3) is 0 Å². The van der Waals surface area contributed by atoms with E-state index in [-0.39, 0.29) is 11.4 Å². The number of hydrogen-bond donors (Lipinski definition) is 1. The summed E-state index contributed by atoms with van der Waals surface area (Å²) in [6.07, 6.45) is -1.04. The van der Waals surface area contributed by atoms with E-state index < -0.39 is 17.6 Å². The summed E-state index contributed by atoms with van der Waals surface area (Å²) in [7, 11) is 0. The van der Waals surface area contributed by atoms with Crippen LogP contribution in [-0.4, -0.2) is 21.0 Å². The van der Waals surface area contributed by atoms with Crippen LogP contribution < -0.4 is 5.32 Å². The number of nitrogens with one attached hydrogen (secondary N) is 1. The van der Waals surface area contributed by atoms with Crippen LogP contribution in [0, 0.1) is 0 Å². The first-order valence-electron chi connectivity index (χ1n) is 6.96. The van der Waals surface area contributed by atoms with E-state index >= 15 is 0 Å². The number of halogens is 3. The third-order valence-corrected chi connectivity index (χ3v) is 4.21. The normalized spacial score (nSPS) is 11.6. The summed E-state index contributed by atoms with van der Waals surface area (Å²) in [4.78, 5) is 16.2. The van der Waals surface area contributed by atoms with Gasteiger partial charge in [-0.2, -0.15) is 13.2 Å². The molecule has 0 saturated heterocycles. The van der Waals surface area contributed by atoms with E-state index in [2.05, 4.69) is 10.3 Å². The molecule has 0 aliphatic carbocycles. The van der Waals surface area contributed by atoms with Crippen LogP contribution in [0.2, 0.25) is 0 Å². The van der Waals surface area contributed by atoms with Crippen LogP contribution in [0.3, 0.4) is 0 Å². The predicted octanol–water partition coefficient (Wildman–Crippen LogP) is 4.08. The van der Waals surface area contributed by atoms with Crippen molar-refractivity contribution < 1.29 is 18.0 Å². The van der Waals surface area contributed by atoms with Gasteiger partial charge in [-0.25, -0.2) is 4.98 Å². The average molecular weight is 351 g/mol. The van der Waals surface area contributed by atoms with Crippen molar-refractivity contribution in [1.82, 2.24) is 9.38 Å². The Morgan fingerprint density at radius 1 is 1.17 bits per heavy atom. The summed E-state index contributed by atoms with van der Waals surface area (Å²) in [5, 5.41) is 2.91. The molecule has 0 fully saturated rings. The number of carbonyl (C=O) groups excluding carboxylic acids is 1. The number of para-hydroxylation sites is 1. The van der Waals surface area contributed by atoms with Gasteiger partial charge in [-0.05, 0) is 24.3 Å². The quantitative estimate of drug-likeness (QED) is 0.721. The summed E-state index contributed by atoms with van der Waals surface area (Å²) in [5.74, 6) is -0.565. The molecule has 1 amide bonds. The highest BCUT2D eigenvalue weighted by atomic mass is 32.2. The molecule has 0 aliphatic rings. The van der Waals surface area contributed by atoms with Gasteiger partial charge in [-0.15, -0.1) is 0 Å². The maximum absolute atomic E-state index is 12.9. The van der Waals surface area contributed by atoms with Crippen molar-refractivity contribution >= 4 is 28.9 Å². The number of aromatic nitrogens is 2. The van der Waals surface area contributed by atoms with Gasteiger partial charge >= 0.3 is 6.18 Å². The van der Waals surface area contributed by atoms with Gasteiger partial charge in [0.05, 0.1) is 28.7 Å². The van der Waals surface area contributed by atoms with Crippen molar-refractivity contribution in [1.29, 1.82) is 0 Å². The van der Waals surface area contributed by atoms with Crippen LogP contribution >= 0.6 is 11.8 Å². The monoisotopic (exact) mass is 351 g/mol. The van der Waals surface area contributed by atoms with Crippen LogP contribution in [0.15, 0.2) is 60.0 Å². The number of rotatable bonds is 4. The number of benzene rings is 1. The van der Waals surface area contributed by atoms with Crippen molar-refractivity contribution in [2.24, 2.45) is 0 Å². The van der Waals surface area contributed by atoms with Gasteiger partial charge in [-0.3, -0.25) is 9.20 Å². The van der Waals surface area contributed by atoms with E-state index in [4.69, 9.17) is 0 Å². The minimum atomic E-state index is -4.52. The molecule has 3 rings (SSSR count). The van der Waals surface area contributed by atoms with Crippen LogP contribution in [0.4, 0.5) is 18.9 Å². The number of pyridine rings is 1. The Kier molecular flexibility index (Phi) is 4.48.